The summed E-state index contributed by atoms with van der Waals surface area (Å²) in [5, 5.41) is 9.80. The molecule has 0 aromatic heterocycles. The van der Waals surface area contributed by atoms with Crippen LogP contribution < -0.4 is 9.46 Å². The molecule has 0 aliphatic carbocycles. The average molecular weight is 419 g/mol. The molecule has 8 heteroatoms. The Labute approximate surface area is 147 Å². The van der Waals surface area contributed by atoms with Gasteiger partial charge in [0.1, 0.15) is 16.7 Å². The van der Waals surface area contributed by atoms with E-state index in [1.54, 1.807) is 0 Å². The van der Waals surface area contributed by atoms with Gasteiger partial charge in [-0.05, 0) is 35.9 Å². The third-order valence-electron chi connectivity index (χ3n) is 3.50. The smallest absolute Gasteiger partial charge is 0.244 e. The van der Waals surface area contributed by atoms with E-state index in [1.165, 1.54) is 18.2 Å². The van der Waals surface area contributed by atoms with Crippen molar-refractivity contribution in [2.45, 2.75) is 17.4 Å². The fourth-order valence-electron chi connectivity index (χ4n) is 2.40. The van der Waals surface area contributed by atoms with E-state index < -0.39 is 15.8 Å². The quantitative estimate of drug-likeness (QED) is 0.800. The lowest BCUT2D eigenvalue weighted by Crippen LogP contribution is -2.34. The summed E-state index contributed by atoms with van der Waals surface area (Å²) >= 11 is 9.15. The average Bonchev–Trinajstić information content (AvgIpc) is 2.90. The number of benzene rings is 2. The van der Waals surface area contributed by atoms with Crippen molar-refractivity contribution < 1.29 is 18.3 Å². The zero-order valence-corrected chi connectivity index (χ0v) is 15.0. The van der Waals surface area contributed by atoms with Gasteiger partial charge in [-0.3, -0.25) is 0 Å². The third-order valence-corrected chi connectivity index (χ3v) is 5.76. The van der Waals surface area contributed by atoms with Crippen LogP contribution in [0.4, 0.5) is 0 Å². The van der Waals surface area contributed by atoms with Crippen molar-refractivity contribution in [1.82, 2.24) is 4.72 Å². The van der Waals surface area contributed by atoms with Gasteiger partial charge in [0.15, 0.2) is 5.75 Å². The summed E-state index contributed by atoms with van der Waals surface area (Å²) in [5.74, 6) is 0.296. The molecule has 0 bridgehead atoms. The lowest BCUT2D eigenvalue weighted by atomic mass is 10.1. The molecule has 0 saturated heterocycles. The highest BCUT2D eigenvalue weighted by atomic mass is 79.9. The van der Waals surface area contributed by atoms with Gasteiger partial charge in [-0.2, -0.15) is 0 Å². The number of aromatic hydroxyl groups is 1. The van der Waals surface area contributed by atoms with E-state index in [4.69, 9.17) is 16.3 Å². The highest BCUT2D eigenvalue weighted by Crippen LogP contribution is 2.32. The molecule has 2 aromatic carbocycles. The number of para-hydroxylation sites is 1. The number of halogens is 2. The van der Waals surface area contributed by atoms with Crippen LogP contribution >= 0.6 is 27.5 Å². The molecule has 1 heterocycles. The Morgan fingerprint density at radius 2 is 2.13 bits per heavy atom. The van der Waals surface area contributed by atoms with Crippen molar-refractivity contribution in [3.8, 4) is 11.5 Å². The number of fused-ring (bicyclic) bond motifs is 1. The van der Waals surface area contributed by atoms with Gasteiger partial charge >= 0.3 is 0 Å². The Hall–Kier alpha value is -1.28. The fourth-order valence-corrected chi connectivity index (χ4v) is 4.22. The van der Waals surface area contributed by atoms with Gasteiger partial charge in [0.25, 0.3) is 0 Å². The third kappa shape index (κ3) is 3.47. The van der Waals surface area contributed by atoms with E-state index in [0.29, 0.717) is 6.42 Å². The maximum Gasteiger partial charge on any atom is 0.244 e. The summed E-state index contributed by atoms with van der Waals surface area (Å²) in [6, 6.07) is 9.85. The van der Waals surface area contributed by atoms with E-state index >= 15 is 0 Å². The molecule has 0 fully saturated rings. The second-order valence-corrected chi connectivity index (χ2v) is 8.19. The summed E-state index contributed by atoms with van der Waals surface area (Å²) in [6.45, 7) is 0.0978. The van der Waals surface area contributed by atoms with Crippen LogP contribution in [0.2, 0.25) is 5.02 Å². The zero-order valence-electron chi connectivity index (χ0n) is 11.8. The molecule has 5 nitrogen and oxygen atoms in total. The monoisotopic (exact) mass is 417 g/mol. The summed E-state index contributed by atoms with van der Waals surface area (Å²) in [7, 11) is -3.87. The molecule has 1 atom stereocenters. The van der Waals surface area contributed by atoms with Crippen LogP contribution in [0.1, 0.15) is 5.56 Å². The van der Waals surface area contributed by atoms with Crippen LogP contribution in [-0.2, 0) is 16.4 Å². The largest absolute Gasteiger partial charge is 0.505 e. The second-order valence-electron chi connectivity index (χ2n) is 5.13. The molecule has 23 heavy (non-hydrogen) atoms. The first-order valence-corrected chi connectivity index (χ1v) is 9.44. The van der Waals surface area contributed by atoms with E-state index in [0.717, 1.165) is 15.8 Å². The van der Waals surface area contributed by atoms with Gasteiger partial charge in [0, 0.05) is 17.4 Å². The van der Waals surface area contributed by atoms with Crippen molar-refractivity contribution in [3.05, 3.63) is 51.5 Å². The summed E-state index contributed by atoms with van der Waals surface area (Å²) in [4.78, 5) is -0.247. The van der Waals surface area contributed by atoms with Gasteiger partial charge in [-0.15, -0.1) is 0 Å². The summed E-state index contributed by atoms with van der Waals surface area (Å²) in [6.07, 6.45) is 0.314. The molecule has 3 rings (SSSR count). The van der Waals surface area contributed by atoms with Gasteiger partial charge in [-0.25, -0.2) is 13.1 Å². The molecule has 1 aliphatic rings. The molecular weight excluding hydrogens is 406 g/mol. The lowest BCUT2D eigenvalue weighted by molar-refractivity contribution is 0.236. The standard InChI is InChI=1S/C15H13BrClNO4S/c16-10-4-5-13-9(6-10)7-11(22-13)8-18-23(20,21)14-3-1-2-12(17)15(14)19/h1-6,11,18-19H,7-8H2. The molecule has 0 saturated carbocycles. The van der Waals surface area contributed by atoms with Gasteiger partial charge in [0.2, 0.25) is 10.0 Å². The number of nitrogens with one attached hydrogen (secondary N) is 1. The number of hydrogen-bond acceptors (Lipinski definition) is 4. The maximum absolute atomic E-state index is 12.3. The minimum atomic E-state index is -3.87. The van der Waals surface area contributed by atoms with E-state index in [1.807, 2.05) is 18.2 Å². The normalized spacial score (nSPS) is 16.9. The predicted octanol–water partition coefficient (Wildman–Crippen LogP) is 3.09. The molecule has 2 aromatic rings. The number of phenols is 1. The molecule has 0 radical (unpaired) electrons. The van der Waals surface area contributed by atoms with Gasteiger partial charge in [-0.1, -0.05) is 33.6 Å². The highest BCUT2D eigenvalue weighted by Gasteiger charge is 2.26. The molecule has 1 aliphatic heterocycles. The SMILES string of the molecule is O=S(=O)(NCC1Cc2cc(Br)ccc2O1)c1cccc(Cl)c1O. The first-order valence-electron chi connectivity index (χ1n) is 6.79. The van der Waals surface area contributed by atoms with Crippen LogP contribution in [0, 0.1) is 0 Å². The van der Waals surface area contributed by atoms with Gasteiger partial charge < -0.3 is 9.84 Å². The maximum atomic E-state index is 12.3. The molecule has 1 unspecified atom stereocenters. The topological polar surface area (TPSA) is 75.6 Å². The first kappa shape index (κ1) is 16.6. The number of rotatable bonds is 4. The Balaban J connectivity index is 1.70. The fraction of sp³-hybridized carbons (Fsp3) is 0.200. The number of hydrogen-bond donors (Lipinski definition) is 2. The Bertz CT molecular complexity index is 857. The van der Waals surface area contributed by atoms with Crippen LogP contribution in [-0.4, -0.2) is 26.2 Å². The predicted molar refractivity (Wildman–Crippen MR) is 90.6 cm³/mol. The highest BCUT2D eigenvalue weighted by molar-refractivity contribution is 9.10. The molecular formula is C15H13BrClNO4S. The van der Waals surface area contributed by atoms with Crippen molar-refractivity contribution in [3.63, 3.8) is 0 Å². The summed E-state index contributed by atoms with van der Waals surface area (Å²) in [5.41, 5.74) is 1.02. The van der Waals surface area contributed by atoms with Crippen LogP contribution in [0.15, 0.2) is 45.8 Å². The molecule has 122 valence electrons. The van der Waals surface area contributed by atoms with Crippen LogP contribution in [0.5, 0.6) is 11.5 Å². The van der Waals surface area contributed by atoms with Crippen molar-refractivity contribution >= 4 is 37.6 Å². The zero-order chi connectivity index (χ0) is 16.6. The van der Waals surface area contributed by atoms with Crippen LogP contribution in [0.3, 0.4) is 0 Å². The van der Waals surface area contributed by atoms with E-state index in [2.05, 4.69) is 20.7 Å². The van der Waals surface area contributed by atoms with Gasteiger partial charge in [0.05, 0.1) is 5.02 Å². The Morgan fingerprint density at radius 1 is 1.35 bits per heavy atom. The summed E-state index contributed by atoms with van der Waals surface area (Å²) < 4.78 is 33.7. The first-order chi connectivity index (χ1) is 10.9. The van der Waals surface area contributed by atoms with E-state index in [9.17, 15) is 13.5 Å². The second kappa shape index (κ2) is 6.32. The minimum absolute atomic E-state index is 0.0118. The number of ether oxygens (including phenoxy) is 1. The van der Waals surface area contributed by atoms with Crippen molar-refractivity contribution in [1.29, 1.82) is 0 Å². The van der Waals surface area contributed by atoms with Crippen molar-refractivity contribution in [2.24, 2.45) is 0 Å². The number of sulfonamides is 1. The molecule has 2 N–H and O–H groups in total. The molecule has 0 amide bonds. The van der Waals surface area contributed by atoms with E-state index in [-0.39, 0.29) is 22.6 Å². The Morgan fingerprint density at radius 3 is 2.91 bits per heavy atom. The minimum Gasteiger partial charge on any atom is -0.505 e. The Kier molecular flexibility index (Phi) is 4.55. The van der Waals surface area contributed by atoms with Crippen LogP contribution in [0.25, 0.3) is 0 Å². The van der Waals surface area contributed by atoms with Crippen molar-refractivity contribution in [2.75, 3.05) is 6.54 Å². The molecule has 0 spiro atoms. The number of phenolic OH excluding ortho intramolecular Hbond substituents is 1. The lowest BCUT2D eigenvalue weighted by Gasteiger charge is -2.13.